The molecule has 1 aromatic carbocycles. The van der Waals surface area contributed by atoms with Crippen molar-refractivity contribution in [2.45, 2.75) is 44.4 Å². The van der Waals surface area contributed by atoms with Crippen LogP contribution in [0.4, 0.5) is 4.79 Å². The summed E-state index contributed by atoms with van der Waals surface area (Å²) in [4.78, 5) is 24.7. The van der Waals surface area contributed by atoms with Crippen LogP contribution in [0.3, 0.4) is 0 Å². The van der Waals surface area contributed by atoms with Gasteiger partial charge in [0.15, 0.2) is 6.10 Å². The third kappa shape index (κ3) is 4.04. The van der Waals surface area contributed by atoms with Crippen molar-refractivity contribution in [2.75, 3.05) is 13.2 Å². The fourth-order valence-electron chi connectivity index (χ4n) is 3.08. The Morgan fingerprint density at radius 2 is 2.21 bits per heavy atom. The highest BCUT2D eigenvalue weighted by molar-refractivity contribution is 5.93. The first-order chi connectivity index (χ1) is 11.8. The number of likely N-dealkylation sites (tertiary alicyclic amines) is 1. The van der Waals surface area contributed by atoms with Gasteiger partial charge < -0.3 is 14.8 Å². The molecule has 24 heavy (non-hydrogen) atoms. The molecule has 3 rings (SSSR count). The number of nitrogens with zero attached hydrogens (tertiary/aromatic N) is 2. The van der Waals surface area contributed by atoms with Gasteiger partial charge in [0.2, 0.25) is 0 Å². The Labute approximate surface area is 141 Å². The molecule has 0 radical (unpaired) electrons. The Hall–Kier alpha value is -2.12. The fourth-order valence-corrected chi connectivity index (χ4v) is 3.08. The molecule has 2 aliphatic heterocycles. The van der Waals surface area contributed by atoms with Crippen LogP contribution in [0.25, 0.3) is 0 Å². The number of piperidine rings is 1. The number of nitrogens with one attached hydrogen (secondary N) is 1. The van der Waals surface area contributed by atoms with Crippen LogP contribution in [0.5, 0.6) is 0 Å². The molecule has 2 N–H and O–H groups in total. The van der Waals surface area contributed by atoms with Gasteiger partial charge in [-0.3, -0.25) is 4.84 Å². The minimum Gasteiger partial charge on any atom is -0.392 e. The van der Waals surface area contributed by atoms with Gasteiger partial charge in [-0.2, -0.15) is 0 Å². The summed E-state index contributed by atoms with van der Waals surface area (Å²) in [6, 6.07) is 9.32. The number of benzene rings is 1. The molecular weight excluding hydrogens is 310 g/mol. The smallest absolute Gasteiger partial charge is 0.341 e. The third-order valence-corrected chi connectivity index (χ3v) is 4.35. The molecule has 7 heteroatoms. The molecule has 2 atom stereocenters. The van der Waals surface area contributed by atoms with Crippen molar-refractivity contribution in [3.05, 3.63) is 35.9 Å². The number of urea groups is 1. The van der Waals surface area contributed by atoms with E-state index in [0.29, 0.717) is 19.6 Å². The number of hydroxylamine groups is 1. The second-order valence-electron chi connectivity index (χ2n) is 6.08. The van der Waals surface area contributed by atoms with Crippen LogP contribution in [0.2, 0.25) is 0 Å². The first-order valence-corrected chi connectivity index (χ1v) is 8.33. The summed E-state index contributed by atoms with van der Waals surface area (Å²) < 4.78 is 0. The third-order valence-electron chi connectivity index (χ3n) is 4.35. The topological polar surface area (TPSA) is 83.4 Å². The lowest BCUT2D eigenvalue weighted by atomic mass is 9.95. The Balaban J connectivity index is 1.54. The molecule has 7 nitrogen and oxygen atoms in total. The van der Waals surface area contributed by atoms with E-state index in [1.807, 2.05) is 30.3 Å². The largest absolute Gasteiger partial charge is 0.392 e. The van der Waals surface area contributed by atoms with Gasteiger partial charge in [0.1, 0.15) is 0 Å². The van der Waals surface area contributed by atoms with Crippen molar-refractivity contribution >= 4 is 11.7 Å². The predicted molar refractivity (Wildman–Crippen MR) is 88.1 cm³/mol. The number of aliphatic hydroxyl groups is 1. The van der Waals surface area contributed by atoms with Crippen molar-refractivity contribution in [1.82, 2.24) is 10.4 Å². The van der Waals surface area contributed by atoms with Gasteiger partial charge >= 0.3 is 6.03 Å². The Morgan fingerprint density at radius 3 is 2.96 bits per heavy atom. The van der Waals surface area contributed by atoms with E-state index in [-0.39, 0.29) is 24.8 Å². The van der Waals surface area contributed by atoms with Crippen LogP contribution in [-0.2, 0) is 16.3 Å². The van der Waals surface area contributed by atoms with Gasteiger partial charge in [0.05, 0.1) is 25.0 Å². The lowest BCUT2D eigenvalue weighted by molar-refractivity contribution is 0.0317. The molecule has 2 aliphatic rings. The SMILES string of the molecule is O=C(NOCc1ccccc1)N1CCCC[C@H]1C1=NO[C@@H](CO)C1. The monoisotopic (exact) mass is 333 g/mol. The molecular formula is C17H23N3O4. The van der Waals surface area contributed by atoms with Crippen molar-refractivity contribution < 1.29 is 19.6 Å². The van der Waals surface area contributed by atoms with E-state index in [0.717, 1.165) is 30.5 Å². The molecule has 0 aliphatic carbocycles. The Kier molecular flexibility index (Phi) is 5.66. The van der Waals surface area contributed by atoms with Crippen molar-refractivity contribution in [1.29, 1.82) is 0 Å². The highest BCUT2D eigenvalue weighted by Gasteiger charge is 2.35. The number of oxime groups is 1. The highest BCUT2D eigenvalue weighted by Crippen LogP contribution is 2.24. The zero-order chi connectivity index (χ0) is 16.8. The summed E-state index contributed by atoms with van der Waals surface area (Å²) in [6.45, 7) is 0.918. The van der Waals surface area contributed by atoms with Gasteiger partial charge in [-0.25, -0.2) is 10.3 Å². The maximum absolute atomic E-state index is 12.5. The highest BCUT2D eigenvalue weighted by atomic mass is 16.7. The van der Waals surface area contributed by atoms with Crippen molar-refractivity contribution in [3.8, 4) is 0 Å². The maximum Gasteiger partial charge on any atom is 0.341 e. The zero-order valence-corrected chi connectivity index (χ0v) is 13.6. The van der Waals surface area contributed by atoms with Gasteiger partial charge in [-0.05, 0) is 24.8 Å². The molecule has 0 unspecified atom stereocenters. The average Bonchev–Trinajstić information content (AvgIpc) is 3.11. The maximum atomic E-state index is 12.5. The van der Waals surface area contributed by atoms with E-state index < -0.39 is 0 Å². The summed E-state index contributed by atoms with van der Waals surface area (Å²) in [5, 5.41) is 13.2. The summed E-state index contributed by atoms with van der Waals surface area (Å²) in [7, 11) is 0. The number of amides is 2. The number of carbonyl (C=O) groups excluding carboxylic acids is 1. The minimum atomic E-state index is -0.291. The molecule has 1 saturated heterocycles. The van der Waals surface area contributed by atoms with Crippen LogP contribution in [0.1, 0.15) is 31.2 Å². The second kappa shape index (κ2) is 8.12. The van der Waals surface area contributed by atoms with Crippen LogP contribution < -0.4 is 5.48 Å². The van der Waals surface area contributed by atoms with Crippen LogP contribution >= 0.6 is 0 Å². The van der Waals surface area contributed by atoms with Crippen molar-refractivity contribution in [3.63, 3.8) is 0 Å². The number of rotatable bonds is 5. The summed E-state index contributed by atoms with van der Waals surface area (Å²) in [6.07, 6.45) is 3.13. The summed E-state index contributed by atoms with van der Waals surface area (Å²) in [5.41, 5.74) is 4.34. The van der Waals surface area contributed by atoms with Crippen LogP contribution in [0.15, 0.2) is 35.5 Å². The number of hydrogen-bond donors (Lipinski definition) is 2. The summed E-state index contributed by atoms with van der Waals surface area (Å²) >= 11 is 0. The summed E-state index contributed by atoms with van der Waals surface area (Å²) in [5.74, 6) is 0. The first kappa shape index (κ1) is 16.7. The zero-order valence-electron chi connectivity index (χ0n) is 13.6. The number of carbonyl (C=O) groups is 1. The molecule has 1 aromatic rings. The minimum absolute atomic E-state index is 0.0634. The Bertz CT molecular complexity index is 578. The molecule has 0 bridgehead atoms. The van der Waals surface area contributed by atoms with Crippen LogP contribution in [0, 0.1) is 0 Å². The molecule has 0 aromatic heterocycles. The molecule has 0 saturated carbocycles. The van der Waals surface area contributed by atoms with Crippen molar-refractivity contribution in [2.24, 2.45) is 5.16 Å². The average molecular weight is 333 g/mol. The van der Waals surface area contributed by atoms with E-state index >= 15 is 0 Å². The fraction of sp³-hybridized carbons (Fsp3) is 0.529. The lowest BCUT2D eigenvalue weighted by Gasteiger charge is -2.35. The molecule has 130 valence electrons. The van der Waals surface area contributed by atoms with Gasteiger partial charge in [-0.15, -0.1) is 0 Å². The van der Waals surface area contributed by atoms with E-state index in [9.17, 15) is 9.90 Å². The van der Waals surface area contributed by atoms with E-state index in [1.165, 1.54) is 0 Å². The van der Waals surface area contributed by atoms with Gasteiger partial charge in [-0.1, -0.05) is 35.5 Å². The first-order valence-electron chi connectivity index (χ1n) is 8.33. The van der Waals surface area contributed by atoms with E-state index in [1.54, 1.807) is 4.90 Å². The molecule has 2 amide bonds. The molecule has 2 heterocycles. The van der Waals surface area contributed by atoms with Gasteiger partial charge in [0, 0.05) is 13.0 Å². The predicted octanol–water partition coefficient (Wildman–Crippen LogP) is 1.82. The molecule has 1 fully saturated rings. The van der Waals surface area contributed by atoms with Gasteiger partial charge in [0.25, 0.3) is 0 Å². The lowest BCUT2D eigenvalue weighted by Crippen LogP contribution is -2.51. The second-order valence-corrected chi connectivity index (χ2v) is 6.08. The van der Waals surface area contributed by atoms with Crippen LogP contribution in [-0.4, -0.2) is 47.0 Å². The van der Waals surface area contributed by atoms with E-state index in [4.69, 9.17) is 9.68 Å². The molecule has 0 spiro atoms. The normalized spacial score (nSPS) is 23.5. The standard InChI is InChI=1S/C17H23N3O4/c21-11-14-10-15(18-24-14)16-8-4-5-9-20(16)17(22)19-23-12-13-6-2-1-3-7-13/h1-3,6-7,14,16,21H,4-5,8-12H2,(H,19,22)/t14-,16+/m1/s1. The quantitative estimate of drug-likeness (QED) is 0.805. The number of aliphatic hydroxyl groups excluding tert-OH is 1. The number of hydrogen-bond acceptors (Lipinski definition) is 5. The Morgan fingerprint density at radius 1 is 1.38 bits per heavy atom. The van der Waals surface area contributed by atoms with E-state index in [2.05, 4.69) is 10.6 Å².